The first-order chi connectivity index (χ1) is 12.7. The van der Waals surface area contributed by atoms with Crippen LogP contribution in [0.4, 0.5) is 0 Å². The van der Waals surface area contributed by atoms with Gasteiger partial charge < -0.3 is 35.7 Å². The Hall–Kier alpha value is -2.53. The summed E-state index contributed by atoms with van der Waals surface area (Å²) in [7, 11) is 0. The summed E-state index contributed by atoms with van der Waals surface area (Å²) in [5.41, 5.74) is 0.528. The molecule has 0 aromatic heterocycles. The lowest BCUT2D eigenvalue weighted by Crippen LogP contribution is -2.27. The minimum absolute atomic E-state index is 0.176. The van der Waals surface area contributed by atoms with Gasteiger partial charge in [-0.3, -0.25) is 0 Å². The van der Waals surface area contributed by atoms with Crippen molar-refractivity contribution >= 4 is 17.9 Å². The topological polar surface area (TPSA) is 193 Å². The maximum Gasteiger partial charge on any atom is 0.330 e. The summed E-state index contributed by atoms with van der Waals surface area (Å²) >= 11 is 0. The van der Waals surface area contributed by atoms with Gasteiger partial charge in [-0.25, -0.2) is 14.4 Å². The van der Waals surface area contributed by atoms with Crippen molar-refractivity contribution in [1.82, 2.24) is 0 Å². The van der Waals surface area contributed by atoms with E-state index in [9.17, 15) is 14.4 Å². The fraction of sp³-hybridized carbons (Fsp3) is 0.500. The molecule has 0 atom stereocenters. The SMILES string of the molecule is C=C(C)C(=O)O.C=C(C)C(=O)O.C=C(C)C(=O)O.OCC(CO)C(CO)CO. The number of hydrogen-bond donors (Lipinski definition) is 7. The second-order valence-corrected chi connectivity index (χ2v) is 5.51. The van der Waals surface area contributed by atoms with Crippen LogP contribution in [0.2, 0.25) is 0 Å². The van der Waals surface area contributed by atoms with E-state index in [1.165, 1.54) is 20.8 Å². The first-order valence-corrected chi connectivity index (χ1v) is 7.83. The molecule has 10 heteroatoms. The Kier molecular flexibility index (Phi) is 24.6. The number of carboxylic acids is 3. The Morgan fingerprint density at radius 3 is 0.714 bits per heavy atom. The number of aliphatic carboxylic acids is 3. The zero-order chi connectivity index (χ0) is 23.4. The summed E-state index contributed by atoms with van der Waals surface area (Å²) in [6.07, 6.45) is 0. The van der Waals surface area contributed by atoms with E-state index in [-0.39, 0.29) is 43.1 Å². The molecule has 10 nitrogen and oxygen atoms in total. The van der Waals surface area contributed by atoms with Crippen molar-refractivity contribution in [3.8, 4) is 0 Å². The molecular formula is C18H32O10. The van der Waals surface area contributed by atoms with Crippen molar-refractivity contribution in [3.63, 3.8) is 0 Å². The van der Waals surface area contributed by atoms with Crippen LogP contribution in [0, 0.1) is 11.8 Å². The van der Waals surface area contributed by atoms with E-state index < -0.39 is 29.7 Å². The molecule has 0 bridgehead atoms. The van der Waals surface area contributed by atoms with Crippen molar-refractivity contribution in [3.05, 3.63) is 36.5 Å². The molecule has 0 spiro atoms. The van der Waals surface area contributed by atoms with Gasteiger partial charge in [-0.2, -0.15) is 0 Å². The lowest BCUT2D eigenvalue weighted by atomic mass is 9.95. The fourth-order valence-electron chi connectivity index (χ4n) is 0.712. The molecule has 0 aliphatic heterocycles. The summed E-state index contributed by atoms with van der Waals surface area (Å²) in [6, 6.07) is 0. The van der Waals surface area contributed by atoms with Crippen molar-refractivity contribution in [2.75, 3.05) is 26.4 Å². The van der Waals surface area contributed by atoms with Crippen LogP contribution in [0.3, 0.4) is 0 Å². The van der Waals surface area contributed by atoms with Crippen molar-refractivity contribution < 1.29 is 50.1 Å². The standard InChI is InChI=1S/C6H14O4.3C4H6O2/c7-1-5(2-8)6(3-9)4-10;3*1-3(2)4(5)6/h5-10H,1-4H2;3*1H2,2H3,(H,5,6). The summed E-state index contributed by atoms with van der Waals surface area (Å²) in [5, 5.41) is 58.0. The molecular weight excluding hydrogens is 376 g/mol. The highest BCUT2D eigenvalue weighted by Crippen LogP contribution is 2.08. The zero-order valence-corrected chi connectivity index (χ0v) is 16.5. The van der Waals surface area contributed by atoms with Gasteiger partial charge in [0.1, 0.15) is 0 Å². The molecule has 0 fully saturated rings. The first kappa shape index (κ1) is 33.1. The van der Waals surface area contributed by atoms with Crippen LogP contribution in [0.5, 0.6) is 0 Å². The molecule has 0 radical (unpaired) electrons. The minimum Gasteiger partial charge on any atom is -0.478 e. The van der Waals surface area contributed by atoms with E-state index >= 15 is 0 Å². The molecule has 0 saturated heterocycles. The first-order valence-electron chi connectivity index (χ1n) is 7.83. The molecule has 0 aromatic rings. The highest BCUT2D eigenvalue weighted by Gasteiger charge is 2.17. The van der Waals surface area contributed by atoms with E-state index in [4.69, 9.17) is 35.7 Å². The smallest absolute Gasteiger partial charge is 0.330 e. The average molecular weight is 408 g/mol. The Bertz CT molecular complexity index is 399. The molecule has 0 amide bonds. The predicted octanol–water partition coefficient (Wildman–Crippen LogP) is 0.129. The van der Waals surface area contributed by atoms with Crippen LogP contribution >= 0.6 is 0 Å². The van der Waals surface area contributed by atoms with Gasteiger partial charge in [0.2, 0.25) is 0 Å². The molecule has 0 aliphatic rings. The molecule has 7 N–H and O–H groups in total. The van der Waals surface area contributed by atoms with Crippen LogP contribution in [-0.2, 0) is 14.4 Å². The molecule has 0 rings (SSSR count). The Morgan fingerprint density at radius 1 is 0.571 bits per heavy atom. The van der Waals surface area contributed by atoms with E-state index in [0.29, 0.717) is 0 Å². The highest BCUT2D eigenvalue weighted by atomic mass is 16.4. The highest BCUT2D eigenvalue weighted by molar-refractivity contribution is 5.85. The molecule has 0 heterocycles. The number of rotatable bonds is 8. The fourth-order valence-corrected chi connectivity index (χ4v) is 0.712. The largest absolute Gasteiger partial charge is 0.478 e. The zero-order valence-electron chi connectivity index (χ0n) is 16.5. The van der Waals surface area contributed by atoms with Gasteiger partial charge in [0, 0.05) is 55.0 Å². The van der Waals surface area contributed by atoms with Crippen LogP contribution in [0.15, 0.2) is 36.5 Å². The van der Waals surface area contributed by atoms with E-state index in [1.807, 2.05) is 0 Å². The molecule has 0 aromatic carbocycles. The Morgan fingerprint density at radius 2 is 0.679 bits per heavy atom. The van der Waals surface area contributed by atoms with Crippen molar-refractivity contribution in [2.45, 2.75) is 20.8 Å². The van der Waals surface area contributed by atoms with Gasteiger partial charge in [-0.1, -0.05) is 19.7 Å². The minimum atomic E-state index is -0.935. The lowest BCUT2D eigenvalue weighted by molar-refractivity contribution is -0.133. The van der Waals surface area contributed by atoms with Crippen LogP contribution in [0.1, 0.15) is 20.8 Å². The van der Waals surface area contributed by atoms with Gasteiger partial charge in [0.05, 0.1) is 0 Å². The Labute approximate surface area is 164 Å². The molecule has 28 heavy (non-hydrogen) atoms. The molecule has 0 aliphatic carbocycles. The van der Waals surface area contributed by atoms with E-state index in [2.05, 4.69) is 19.7 Å². The predicted molar refractivity (Wildman–Crippen MR) is 103 cm³/mol. The molecule has 0 saturated carbocycles. The van der Waals surface area contributed by atoms with Gasteiger partial charge in [-0.15, -0.1) is 0 Å². The molecule has 164 valence electrons. The number of carboxylic acid groups (broad SMARTS) is 3. The average Bonchev–Trinajstić information content (AvgIpc) is 2.60. The van der Waals surface area contributed by atoms with Gasteiger partial charge in [-0.05, 0) is 20.8 Å². The monoisotopic (exact) mass is 408 g/mol. The number of carbonyl (C=O) groups is 3. The third-order valence-corrected chi connectivity index (χ3v) is 2.70. The summed E-state index contributed by atoms with van der Waals surface area (Å²) in [4.78, 5) is 28.8. The molecule has 0 unspecified atom stereocenters. The van der Waals surface area contributed by atoms with Crippen LogP contribution < -0.4 is 0 Å². The Balaban J connectivity index is -0.000000142. The van der Waals surface area contributed by atoms with E-state index in [0.717, 1.165) is 0 Å². The quantitative estimate of drug-likeness (QED) is 0.271. The van der Waals surface area contributed by atoms with Crippen LogP contribution in [0.25, 0.3) is 0 Å². The number of aliphatic hydroxyl groups is 4. The van der Waals surface area contributed by atoms with Gasteiger partial charge >= 0.3 is 17.9 Å². The normalized spacial score (nSPS) is 8.89. The number of hydrogen-bond acceptors (Lipinski definition) is 7. The van der Waals surface area contributed by atoms with E-state index in [1.54, 1.807) is 0 Å². The maximum absolute atomic E-state index is 9.60. The third kappa shape index (κ3) is 25.7. The van der Waals surface area contributed by atoms with Gasteiger partial charge in [0.25, 0.3) is 0 Å². The second-order valence-electron chi connectivity index (χ2n) is 5.51. The summed E-state index contributed by atoms with van der Waals surface area (Å²) < 4.78 is 0. The van der Waals surface area contributed by atoms with Crippen LogP contribution in [-0.4, -0.2) is 80.1 Å². The van der Waals surface area contributed by atoms with Gasteiger partial charge in [0.15, 0.2) is 0 Å². The third-order valence-electron chi connectivity index (χ3n) is 2.70. The summed E-state index contributed by atoms with van der Waals surface area (Å²) in [5.74, 6) is -3.62. The van der Waals surface area contributed by atoms with Crippen molar-refractivity contribution in [2.24, 2.45) is 11.8 Å². The number of aliphatic hydroxyl groups excluding tert-OH is 4. The second kappa shape index (κ2) is 20.8. The maximum atomic E-state index is 9.60. The van der Waals surface area contributed by atoms with Crippen molar-refractivity contribution in [1.29, 1.82) is 0 Å². The lowest BCUT2D eigenvalue weighted by Gasteiger charge is -2.18. The summed E-state index contributed by atoms with van der Waals surface area (Å²) in [6.45, 7) is 13.0.